The van der Waals surface area contributed by atoms with Crippen LogP contribution in [0.15, 0.2) is 59.8 Å². The van der Waals surface area contributed by atoms with Crippen molar-refractivity contribution >= 4 is 23.4 Å². The van der Waals surface area contributed by atoms with Gasteiger partial charge in [0.1, 0.15) is 0 Å². The number of anilines is 1. The molecule has 148 valence electrons. The normalized spacial score (nSPS) is 10.7. The lowest BCUT2D eigenvalue weighted by molar-refractivity contribution is -0.116. The standard InChI is InChI=1S/C21H22N6OS/c1-16(2)17-9-11-19(12-10-17)27-21(23-24-25-27)29-15-20(28)26(14-6-13-22)18-7-4-3-5-8-18/h3-5,7-12,16H,6,14-15H2,1-2H3. The first kappa shape index (κ1) is 20.6. The number of carbonyl (C=O) groups excluding carboxylic acids is 1. The minimum Gasteiger partial charge on any atom is -0.311 e. The van der Waals surface area contributed by atoms with Gasteiger partial charge in [0.15, 0.2) is 0 Å². The van der Waals surface area contributed by atoms with Gasteiger partial charge in [-0.2, -0.15) is 9.94 Å². The lowest BCUT2D eigenvalue weighted by Crippen LogP contribution is -2.33. The average molecular weight is 407 g/mol. The number of amides is 1. The molecule has 0 saturated carbocycles. The molecule has 0 atom stereocenters. The van der Waals surface area contributed by atoms with Crippen LogP contribution in [-0.2, 0) is 4.79 Å². The van der Waals surface area contributed by atoms with Crippen molar-refractivity contribution in [2.75, 3.05) is 17.2 Å². The molecular formula is C21H22N6OS. The molecule has 2 aromatic carbocycles. The quantitative estimate of drug-likeness (QED) is 0.529. The van der Waals surface area contributed by atoms with Crippen molar-refractivity contribution in [2.45, 2.75) is 31.3 Å². The first-order chi connectivity index (χ1) is 14.1. The molecule has 1 heterocycles. The maximum atomic E-state index is 12.8. The van der Waals surface area contributed by atoms with Gasteiger partial charge in [0.05, 0.1) is 23.9 Å². The molecule has 0 aliphatic heterocycles. The Morgan fingerprint density at radius 1 is 1.17 bits per heavy atom. The smallest absolute Gasteiger partial charge is 0.237 e. The Balaban J connectivity index is 1.71. The van der Waals surface area contributed by atoms with Crippen molar-refractivity contribution < 1.29 is 4.79 Å². The van der Waals surface area contributed by atoms with Crippen LogP contribution in [-0.4, -0.2) is 38.4 Å². The van der Waals surface area contributed by atoms with Crippen LogP contribution in [0.4, 0.5) is 5.69 Å². The number of hydrogen-bond donors (Lipinski definition) is 0. The van der Waals surface area contributed by atoms with Crippen molar-refractivity contribution in [3.05, 3.63) is 60.2 Å². The highest BCUT2D eigenvalue weighted by Crippen LogP contribution is 2.22. The number of nitrogens with zero attached hydrogens (tertiary/aromatic N) is 6. The number of rotatable bonds is 8. The van der Waals surface area contributed by atoms with E-state index in [1.807, 2.05) is 42.5 Å². The van der Waals surface area contributed by atoms with E-state index in [1.54, 1.807) is 9.58 Å². The van der Waals surface area contributed by atoms with Crippen LogP contribution in [0.3, 0.4) is 0 Å². The second-order valence-electron chi connectivity index (χ2n) is 6.70. The van der Waals surface area contributed by atoms with Crippen LogP contribution in [0.1, 0.15) is 31.7 Å². The Kier molecular flexibility index (Phi) is 6.98. The largest absolute Gasteiger partial charge is 0.311 e. The molecule has 1 amide bonds. The second-order valence-corrected chi connectivity index (χ2v) is 7.64. The maximum absolute atomic E-state index is 12.8. The summed E-state index contributed by atoms with van der Waals surface area (Å²) in [6.07, 6.45) is 0.269. The molecule has 3 aromatic rings. The van der Waals surface area contributed by atoms with Crippen LogP contribution >= 0.6 is 11.8 Å². The average Bonchev–Trinajstić information content (AvgIpc) is 3.22. The summed E-state index contributed by atoms with van der Waals surface area (Å²) < 4.78 is 1.63. The fourth-order valence-corrected chi connectivity index (χ4v) is 3.57. The molecule has 7 nitrogen and oxygen atoms in total. The first-order valence-electron chi connectivity index (χ1n) is 9.34. The van der Waals surface area contributed by atoms with Gasteiger partial charge in [-0.1, -0.05) is 55.9 Å². The van der Waals surface area contributed by atoms with E-state index in [1.165, 1.54) is 17.3 Å². The van der Waals surface area contributed by atoms with Crippen molar-refractivity contribution in [3.63, 3.8) is 0 Å². The predicted octanol–water partition coefficient (Wildman–Crippen LogP) is 3.82. The summed E-state index contributed by atoms with van der Waals surface area (Å²) in [6, 6.07) is 19.5. The fraction of sp³-hybridized carbons (Fsp3) is 0.286. The minimum absolute atomic E-state index is 0.0962. The first-order valence-corrected chi connectivity index (χ1v) is 10.3. The van der Waals surface area contributed by atoms with Crippen LogP contribution < -0.4 is 4.90 Å². The molecule has 8 heteroatoms. The maximum Gasteiger partial charge on any atom is 0.237 e. The molecule has 0 aliphatic rings. The van der Waals surface area contributed by atoms with Crippen LogP contribution in [0.5, 0.6) is 0 Å². The number of carbonyl (C=O) groups is 1. The highest BCUT2D eigenvalue weighted by Gasteiger charge is 2.18. The predicted molar refractivity (Wildman–Crippen MR) is 113 cm³/mol. The molecule has 0 aliphatic carbocycles. The van der Waals surface area contributed by atoms with E-state index in [0.29, 0.717) is 17.6 Å². The van der Waals surface area contributed by atoms with Gasteiger partial charge in [0, 0.05) is 12.2 Å². The molecule has 0 N–H and O–H groups in total. The number of hydrogen-bond acceptors (Lipinski definition) is 6. The Hall–Kier alpha value is -3.18. The Bertz CT molecular complexity index is 978. The fourth-order valence-electron chi connectivity index (χ4n) is 2.80. The monoisotopic (exact) mass is 406 g/mol. The number of nitriles is 1. The van der Waals surface area contributed by atoms with Crippen molar-refractivity contribution in [2.24, 2.45) is 0 Å². The van der Waals surface area contributed by atoms with E-state index in [0.717, 1.165) is 11.4 Å². The van der Waals surface area contributed by atoms with Crippen molar-refractivity contribution in [1.82, 2.24) is 20.2 Å². The lowest BCUT2D eigenvalue weighted by Gasteiger charge is -2.21. The van der Waals surface area contributed by atoms with Crippen LogP contribution in [0.2, 0.25) is 0 Å². The van der Waals surface area contributed by atoms with Crippen LogP contribution in [0.25, 0.3) is 5.69 Å². The Morgan fingerprint density at radius 2 is 1.90 bits per heavy atom. The van der Waals surface area contributed by atoms with E-state index in [-0.39, 0.29) is 18.1 Å². The van der Waals surface area contributed by atoms with E-state index >= 15 is 0 Å². The van der Waals surface area contributed by atoms with Gasteiger partial charge in [0.25, 0.3) is 0 Å². The number of benzene rings is 2. The SMILES string of the molecule is CC(C)c1ccc(-n2nnnc2SCC(=O)N(CCC#N)c2ccccc2)cc1. The van der Waals surface area contributed by atoms with Crippen LogP contribution in [0, 0.1) is 11.3 Å². The van der Waals surface area contributed by atoms with Gasteiger partial charge >= 0.3 is 0 Å². The summed E-state index contributed by atoms with van der Waals surface area (Å²) in [5.41, 5.74) is 2.86. The lowest BCUT2D eigenvalue weighted by atomic mass is 10.0. The second kappa shape index (κ2) is 9.85. The topological polar surface area (TPSA) is 87.7 Å². The summed E-state index contributed by atoms with van der Waals surface area (Å²) in [7, 11) is 0. The highest BCUT2D eigenvalue weighted by atomic mass is 32.2. The molecule has 1 aromatic heterocycles. The third-order valence-electron chi connectivity index (χ3n) is 4.39. The van der Waals surface area contributed by atoms with Crippen molar-refractivity contribution in [1.29, 1.82) is 5.26 Å². The molecule has 0 radical (unpaired) electrons. The molecular weight excluding hydrogens is 384 g/mol. The van der Waals surface area contributed by atoms with E-state index in [9.17, 15) is 4.79 Å². The summed E-state index contributed by atoms with van der Waals surface area (Å²) in [5, 5.41) is 21.3. The molecule has 0 saturated heterocycles. The Morgan fingerprint density at radius 3 is 2.55 bits per heavy atom. The molecule has 0 unspecified atom stereocenters. The van der Waals surface area contributed by atoms with Crippen molar-refractivity contribution in [3.8, 4) is 11.8 Å². The third kappa shape index (κ3) is 5.21. The van der Waals surface area contributed by atoms with Gasteiger partial charge in [0.2, 0.25) is 11.1 Å². The van der Waals surface area contributed by atoms with Gasteiger partial charge in [-0.3, -0.25) is 4.79 Å². The summed E-state index contributed by atoms with van der Waals surface area (Å²) in [4.78, 5) is 14.5. The summed E-state index contributed by atoms with van der Waals surface area (Å²) >= 11 is 1.28. The zero-order valence-corrected chi connectivity index (χ0v) is 17.2. The molecule has 29 heavy (non-hydrogen) atoms. The molecule has 0 spiro atoms. The number of para-hydroxylation sites is 1. The minimum atomic E-state index is -0.0962. The van der Waals surface area contributed by atoms with Gasteiger partial charge < -0.3 is 4.90 Å². The van der Waals surface area contributed by atoms with E-state index in [4.69, 9.17) is 5.26 Å². The molecule has 3 rings (SSSR count). The zero-order valence-electron chi connectivity index (χ0n) is 16.4. The number of tetrazole rings is 1. The molecule has 0 fully saturated rings. The van der Waals surface area contributed by atoms with E-state index in [2.05, 4.69) is 47.6 Å². The van der Waals surface area contributed by atoms with Gasteiger partial charge in [-0.15, -0.1) is 5.10 Å². The third-order valence-corrected chi connectivity index (χ3v) is 5.29. The summed E-state index contributed by atoms with van der Waals surface area (Å²) in [6.45, 7) is 4.63. The van der Waals surface area contributed by atoms with Gasteiger partial charge in [-0.05, 0) is 46.2 Å². The summed E-state index contributed by atoms with van der Waals surface area (Å²) in [5.74, 6) is 0.521. The zero-order chi connectivity index (χ0) is 20.6. The number of thioether (sulfide) groups is 1. The molecule has 0 bridgehead atoms. The van der Waals surface area contributed by atoms with Gasteiger partial charge in [-0.25, -0.2) is 0 Å². The highest BCUT2D eigenvalue weighted by molar-refractivity contribution is 7.99. The Labute approximate surface area is 174 Å². The number of aromatic nitrogens is 4. The van der Waals surface area contributed by atoms with E-state index < -0.39 is 0 Å².